The highest BCUT2D eigenvalue weighted by atomic mass is 19.1. The molecular formula is C21H17FN6O3. The number of hydrogen-bond acceptors (Lipinski definition) is 7. The molecule has 3 aromatic rings. The van der Waals surface area contributed by atoms with E-state index < -0.39 is 17.6 Å². The first kappa shape index (κ1) is 21.2. The van der Waals surface area contributed by atoms with Crippen LogP contribution in [0.5, 0.6) is 5.75 Å². The number of methoxy groups -OCH3 is 1. The van der Waals surface area contributed by atoms with Gasteiger partial charge >= 0.3 is 0 Å². The molecule has 0 bridgehead atoms. The molecule has 2 aromatic heterocycles. The first-order valence-corrected chi connectivity index (χ1v) is 8.96. The Balaban J connectivity index is 1.95. The Labute approximate surface area is 176 Å². The largest absolute Gasteiger partial charge is 0.496 e. The summed E-state index contributed by atoms with van der Waals surface area (Å²) in [5.41, 5.74) is 0.262. The van der Waals surface area contributed by atoms with E-state index in [1.807, 2.05) is 6.07 Å². The van der Waals surface area contributed by atoms with Gasteiger partial charge in [0.05, 0.1) is 23.9 Å². The van der Waals surface area contributed by atoms with Gasteiger partial charge in [-0.1, -0.05) is 6.07 Å². The minimum absolute atomic E-state index is 0.0492. The standard InChI is InChI=1S/C21H17FN6O3/c1-24-20(29)13-11-26-18(28-17-7-6-12(9-23)10-25-17)8-15(13)27-21(30)19-14(22)4-3-5-16(19)31-2/h3-8,10-11H,1-2H3,(H,24,29)(H2,25,26,27,28,30). The minimum atomic E-state index is -0.797. The normalized spacial score (nSPS) is 10.0. The number of rotatable bonds is 6. The summed E-state index contributed by atoms with van der Waals surface area (Å²) in [6.07, 6.45) is 2.65. The number of nitriles is 1. The van der Waals surface area contributed by atoms with E-state index in [2.05, 4.69) is 25.9 Å². The van der Waals surface area contributed by atoms with E-state index in [1.165, 1.54) is 44.8 Å². The van der Waals surface area contributed by atoms with Gasteiger partial charge in [-0.15, -0.1) is 0 Å². The Morgan fingerprint density at radius 2 is 1.87 bits per heavy atom. The van der Waals surface area contributed by atoms with Gasteiger partial charge in [-0.2, -0.15) is 5.26 Å². The average molecular weight is 420 g/mol. The lowest BCUT2D eigenvalue weighted by Crippen LogP contribution is -2.22. The summed E-state index contributed by atoms with van der Waals surface area (Å²) in [5, 5.41) is 16.8. The molecule has 3 N–H and O–H groups in total. The summed E-state index contributed by atoms with van der Waals surface area (Å²) in [4.78, 5) is 33.2. The fourth-order valence-electron chi connectivity index (χ4n) is 2.69. The zero-order valence-corrected chi connectivity index (χ0v) is 16.6. The van der Waals surface area contributed by atoms with E-state index in [4.69, 9.17) is 10.00 Å². The van der Waals surface area contributed by atoms with Crippen molar-refractivity contribution in [3.05, 3.63) is 71.3 Å². The molecule has 0 aliphatic rings. The van der Waals surface area contributed by atoms with Crippen molar-refractivity contribution in [1.29, 1.82) is 5.26 Å². The molecule has 3 rings (SSSR count). The predicted octanol–water partition coefficient (Wildman–Crippen LogP) is 2.85. The molecule has 0 spiro atoms. The zero-order chi connectivity index (χ0) is 22.4. The topological polar surface area (TPSA) is 129 Å². The molecule has 0 radical (unpaired) electrons. The lowest BCUT2D eigenvalue weighted by molar-refractivity contribution is 0.0963. The highest BCUT2D eigenvalue weighted by molar-refractivity contribution is 6.10. The summed E-state index contributed by atoms with van der Waals surface area (Å²) < 4.78 is 19.3. The van der Waals surface area contributed by atoms with E-state index in [9.17, 15) is 14.0 Å². The average Bonchev–Trinajstić information content (AvgIpc) is 2.79. The number of amides is 2. The summed E-state index contributed by atoms with van der Waals surface area (Å²) in [7, 11) is 2.75. The molecule has 156 valence electrons. The number of hydrogen-bond donors (Lipinski definition) is 3. The van der Waals surface area contributed by atoms with Gasteiger partial charge in [-0.05, 0) is 24.3 Å². The van der Waals surface area contributed by atoms with Gasteiger partial charge in [0.25, 0.3) is 11.8 Å². The van der Waals surface area contributed by atoms with Crippen LogP contribution in [0.3, 0.4) is 0 Å². The number of anilines is 3. The highest BCUT2D eigenvalue weighted by Gasteiger charge is 2.21. The van der Waals surface area contributed by atoms with Gasteiger partial charge in [0.15, 0.2) is 0 Å². The Morgan fingerprint density at radius 3 is 2.52 bits per heavy atom. The number of aromatic nitrogens is 2. The molecule has 2 amide bonds. The first-order valence-electron chi connectivity index (χ1n) is 8.96. The third kappa shape index (κ3) is 4.73. The number of ether oxygens (including phenoxy) is 1. The number of carbonyl (C=O) groups is 2. The van der Waals surface area contributed by atoms with Crippen molar-refractivity contribution in [2.24, 2.45) is 0 Å². The second-order valence-electron chi connectivity index (χ2n) is 6.13. The summed E-state index contributed by atoms with van der Waals surface area (Å²) >= 11 is 0. The van der Waals surface area contributed by atoms with Crippen LogP contribution >= 0.6 is 0 Å². The van der Waals surface area contributed by atoms with Crippen LogP contribution in [0, 0.1) is 17.1 Å². The van der Waals surface area contributed by atoms with Crippen molar-refractivity contribution in [2.75, 3.05) is 24.8 Å². The predicted molar refractivity (Wildman–Crippen MR) is 111 cm³/mol. The second-order valence-corrected chi connectivity index (χ2v) is 6.13. The lowest BCUT2D eigenvalue weighted by atomic mass is 10.1. The smallest absolute Gasteiger partial charge is 0.262 e. The van der Waals surface area contributed by atoms with Gasteiger partial charge in [-0.25, -0.2) is 14.4 Å². The van der Waals surface area contributed by atoms with Gasteiger partial charge in [0.1, 0.15) is 34.8 Å². The van der Waals surface area contributed by atoms with Crippen molar-refractivity contribution in [1.82, 2.24) is 15.3 Å². The van der Waals surface area contributed by atoms with Crippen molar-refractivity contribution >= 4 is 29.1 Å². The number of benzene rings is 1. The molecule has 0 saturated carbocycles. The maximum absolute atomic E-state index is 14.3. The molecule has 0 unspecified atom stereocenters. The summed E-state index contributed by atoms with van der Waals surface area (Å²) in [6.45, 7) is 0. The monoisotopic (exact) mass is 420 g/mol. The number of nitrogens with one attached hydrogen (secondary N) is 3. The quantitative estimate of drug-likeness (QED) is 0.559. The molecule has 0 fully saturated rings. The van der Waals surface area contributed by atoms with Crippen LogP contribution in [0.15, 0.2) is 48.8 Å². The van der Waals surface area contributed by atoms with Crippen molar-refractivity contribution in [3.63, 3.8) is 0 Å². The van der Waals surface area contributed by atoms with E-state index in [1.54, 1.807) is 12.1 Å². The molecule has 9 nitrogen and oxygen atoms in total. The highest BCUT2D eigenvalue weighted by Crippen LogP contribution is 2.25. The third-order valence-electron chi connectivity index (χ3n) is 4.19. The Bertz CT molecular complexity index is 1170. The molecule has 0 saturated heterocycles. The summed E-state index contributed by atoms with van der Waals surface area (Å²) in [6, 6.07) is 10.5. The van der Waals surface area contributed by atoms with Crippen LogP contribution in [0.4, 0.5) is 21.7 Å². The number of nitrogens with zero attached hydrogens (tertiary/aromatic N) is 3. The molecule has 1 aromatic carbocycles. The van der Waals surface area contributed by atoms with Gasteiger partial charge in [0.2, 0.25) is 0 Å². The van der Waals surface area contributed by atoms with Gasteiger partial charge < -0.3 is 20.7 Å². The van der Waals surface area contributed by atoms with Crippen LogP contribution in [-0.2, 0) is 0 Å². The van der Waals surface area contributed by atoms with Crippen LogP contribution in [0.25, 0.3) is 0 Å². The van der Waals surface area contributed by atoms with Crippen LogP contribution in [0.2, 0.25) is 0 Å². The molecule has 0 atom stereocenters. The van der Waals surface area contributed by atoms with E-state index >= 15 is 0 Å². The van der Waals surface area contributed by atoms with Crippen LogP contribution in [-0.4, -0.2) is 35.9 Å². The Morgan fingerprint density at radius 1 is 1.10 bits per heavy atom. The summed E-state index contributed by atoms with van der Waals surface area (Å²) in [5.74, 6) is -1.35. The van der Waals surface area contributed by atoms with Gasteiger partial charge in [-0.3, -0.25) is 9.59 Å². The van der Waals surface area contributed by atoms with Gasteiger partial charge in [0, 0.05) is 25.5 Å². The maximum Gasteiger partial charge on any atom is 0.262 e. The van der Waals surface area contributed by atoms with Crippen molar-refractivity contribution in [3.8, 4) is 11.8 Å². The maximum atomic E-state index is 14.3. The molecule has 10 heteroatoms. The van der Waals surface area contributed by atoms with E-state index in [0.717, 1.165) is 6.07 Å². The number of carbonyl (C=O) groups excluding carboxylic acids is 2. The fraction of sp³-hybridized carbons (Fsp3) is 0.0952. The van der Waals surface area contributed by atoms with Crippen LogP contribution in [0.1, 0.15) is 26.3 Å². The van der Waals surface area contributed by atoms with Crippen molar-refractivity contribution in [2.45, 2.75) is 0 Å². The third-order valence-corrected chi connectivity index (χ3v) is 4.19. The Kier molecular flexibility index (Phi) is 6.37. The molecule has 31 heavy (non-hydrogen) atoms. The number of pyridine rings is 2. The SMILES string of the molecule is CNC(=O)c1cnc(Nc2ccc(C#N)cn2)cc1NC(=O)c1c(F)cccc1OC. The molecule has 0 aliphatic heterocycles. The number of halogens is 1. The zero-order valence-electron chi connectivity index (χ0n) is 16.6. The Hall–Kier alpha value is -4.52. The molecular weight excluding hydrogens is 403 g/mol. The minimum Gasteiger partial charge on any atom is -0.496 e. The molecule has 0 aliphatic carbocycles. The fourth-order valence-corrected chi connectivity index (χ4v) is 2.69. The van der Waals surface area contributed by atoms with E-state index in [0.29, 0.717) is 11.4 Å². The van der Waals surface area contributed by atoms with Crippen molar-refractivity contribution < 1.29 is 18.7 Å². The second kappa shape index (κ2) is 9.32. The lowest BCUT2D eigenvalue weighted by Gasteiger charge is -2.14. The molecule has 2 heterocycles. The first-order chi connectivity index (χ1) is 15.0. The van der Waals surface area contributed by atoms with E-state index in [-0.39, 0.29) is 28.4 Å². The van der Waals surface area contributed by atoms with Crippen LogP contribution < -0.4 is 20.7 Å².